The summed E-state index contributed by atoms with van der Waals surface area (Å²) in [7, 11) is 0. The molecule has 102 valence electrons. The fraction of sp³-hybridized carbons (Fsp3) is 0.278. The second-order valence-corrected chi connectivity index (χ2v) is 6.75. The van der Waals surface area contributed by atoms with Gasteiger partial charge in [0.25, 0.3) is 0 Å². The van der Waals surface area contributed by atoms with E-state index in [1.54, 1.807) is 11.3 Å². The summed E-state index contributed by atoms with van der Waals surface area (Å²) in [5.41, 5.74) is 6.31. The Balaban J connectivity index is 2.08. The minimum Gasteiger partial charge on any atom is -0.236 e. The monoisotopic (exact) mass is 281 g/mol. The van der Waals surface area contributed by atoms with Crippen LogP contribution >= 0.6 is 11.3 Å². The maximum atomic E-state index is 4.82. The third-order valence-corrected chi connectivity index (χ3v) is 4.71. The van der Waals surface area contributed by atoms with Gasteiger partial charge in [-0.3, -0.25) is 0 Å². The molecule has 0 saturated carbocycles. The molecule has 1 heterocycles. The quantitative estimate of drug-likeness (QED) is 0.587. The van der Waals surface area contributed by atoms with E-state index in [4.69, 9.17) is 4.98 Å². The molecule has 0 fully saturated rings. The molecule has 0 aliphatic rings. The van der Waals surface area contributed by atoms with E-state index in [0.717, 1.165) is 10.5 Å². The van der Waals surface area contributed by atoms with Crippen LogP contribution in [-0.2, 0) is 0 Å². The number of rotatable bonds is 2. The minimum absolute atomic E-state index is 0.573. The first-order valence-electron chi connectivity index (χ1n) is 7.02. The summed E-state index contributed by atoms with van der Waals surface area (Å²) in [6, 6.07) is 13.2. The van der Waals surface area contributed by atoms with Crippen molar-refractivity contribution in [3.8, 4) is 10.6 Å². The lowest BCUT2D eigenvalue weighted by Crippen LogP contribution is -1.86. The molecule has 20 heavy (non-hydrogen) atoms. The largest absolute Gasteiger partial charge is 0.236 e. The Labute approximate surface area is 124 Å². The normalized spacial score (nSPS) is 11.4. The number of nitrogens with zero attached hydrogens (tertiary/aromatic N) is 1. The molecule has 1 nitrogen and oxygen atoms in total. The predicted octanol–water partition coefficient (Wildman–Crippen LogP) is 5.70. The molecule has 0 saturated heterocycles. The summed E-state index contributed by atoms with van der Waals surface area (Å²) in [6.45, 7) is 8.72. The van der Waals surface area contributed by atoms with Gasteiger partial charge in [0.15, 0.2) is 0 Å². The van der Waals surface area contributed by atoms with Crippen LogP contribution in [0.1, 0.15) is 36.5 Å². The number of benzene rings is 2. The average Bonchev–Trinajstić information content (AvgIpc) is 2.83. The second-order valence-electron chi connectivity index (χ2n) is 5.72. The number of aryl methyl sites for hydroxylation is 2. The van der Waals surface area contributed by atoms with Crippen molar-refractivity contribution in [1.29, 1.82) is 0 Å². The molecule has 0 spiro atoms. The van der Waals surface area contributed by atoms with Crippen molar-refractivity contribution in [2.24, 2.45) is 0 Å². The standard InChI is InChI=1S/C18H19NS/c1-11(2)14-5-7-15(8-6-14)18-19-17-13(4)9-12(3)10-16(17)20-18/h5-11H,1-4H3. The molecule has 0 aliphatic heterocycles. The van der Waals surface area contributed by atoms with Crippen LogP contribution < -0.4 is 0 Å². The summed E-state index contributed by atoms with van der Waals surface area (Å²) in [4.78, 5) is 4.82. The Bertz CT molecular complexity index is 751. The molecule has 3 rings (SSSR count). The fourth-order valence-electron chi connectivity index (χ4n) is 2.50. The third kappa shape index (κ3) is 2.36. The molecule has 0 unspecified atom stereocenters. The highest BCUT2D eigenvalue weighted by atomic mass is 32.1. The first-order chi connectivity index (χ1) is 9.54. The van der Waals surface area contributed by atoms with Gasteiger partial charge in [-0.15, -0.1) is 11.3 Å². The van der Waals surface area contributed by atoms with Gasteiger partial charge in [-0.2, -0.15) is 0 Å². The summed E-state index contributed by atoms with van der Waals surface area (Å²) < 4.78 is 1.28. The van der Waals surface area contributed by atoms with E-state index < -0.39 is 0 Å². The van der Waals surface area contributed by atoms with Crippen LogP contribution in [0.5, 0.6) is 0 Å². The zero-order valence-electron chi connectivity index (χ0n) is 12.4. The Morgan fingerprint density at radius 2 is 1.70 bits per heavy atom. The zero-order chi connectivity index (χ0) is 14.3. The molecule has 0 aliphatic carbocycles. The number of hydrogen-bond donors (Lipinski definition) is 0. The van der Waals surface area contributed by atoms with Crippen LogP contribution in [0.4, 0.5) is 0 Å². The van der Waals surface area contributed by atoms with Crippen LogP contribution in [0.15, 0.2) is 36.4 Å². The molecule has 2 aromatic carbocycles. The van der Waals surface area contributed by atoms with Gasteiger partial charge >= 0.3 is 0 Å². The third-order valence-electron chi connectivity index (χ3n) is 3.65. The summed E-state index contributed by atoms with van der Waals surface area (Å²) >= 11 is 1.78. The van der Waals surface area contributed by atoms with Gasteiger partial charge < -0.3 is 0 Å². The number of aromatic nitrogens is 1. The van der Waals surface area contributed by atoms with Gasteiger partial charge in [0.1, 0.15) is 5.01 Å². The van der Waals surface area contributed by atoms with Crippen LogP contribution in [0.2, 0.25) is 0 Å². The Morgan fingerprint density at radius 1 is 1.00 bits per heavy atom. The smallest absolute Gasteiger partial charge is 0.124 e. The molecule has 0 radical (unpaired) electrons. The molecule has 0 N–H and O–H groups in total. The summed E-state index contributed by atoms with van der Waals surface area (Å²) in [6.07, 6.45) is 0. The van der Waals surface area contributed by atoms with Crippen molar-refractivity contribution in [2.45, 2.75) is 33.6 Å². The molecule has 0 amide bonds. The van der Waals surface area contributed by atoms with Crippen molar-refractivity contribution < 1.29 is 0 Å². The van der Waals surface area contributed by atoms with Gasteiger partial charge in [0, 0.05) is 5.56 Å². The fourth-order valence-corrected chi connectivity index (χ4v) is 3.65. The number of thiazole rings is 1. The second kappa shape index (κ2) is 5.02. The Morgan fingerprint density at radius 3 is 2.35 bits per heavy atom. The average molecular weight is 281 g/mol. The summed E-state index contributed by atoms with van der Waals surface area (Å²) in [5.74, 6) is 0.573. The highest BCUT2D eigenvalue weighted by molar-refractivity contribution is 7.21. The Kier molecular flexibility index (Phi) is 3.35. The maximum absolute atomic E-state index is 4.82. The molecule has 0 atom stereocenters. The van der Waals surface area contributed by atoms with Gasteiger partial charge in [-0.1, -0.05) is 44.2 Å². The lowest BCUT2D eigenvalue weighted by Gasteiger charge is -2.05. The molecule has 2 heteroatoms. The predicted molar refractivity (Wildman–Crippen MR) is 88.6 cm³/mol. The van der Waals surface area contributed by atoms with Crippen LogP contribution in [0.25, 0.3) is 20.8 Å². The van der Waals surface area contributed by atoms with Gasteiger partial charge in [-0.25, -0.2) is 4.98 Å². The van der Waals surface area contributed by atoms with Crippen molar-refractivity contribution in [3.05, 3.63) is 53.1 Å². The van der Waals surface area contributed by atoms with Crippen molar-refractivity contribution >= 4 is 21.6 Å². The van der Waals surface area contributed by atoms with E-state index in [1.165, 1.54) is 27.0 Å². The molecular weight excluding hydrogens is 262 g/mol. The Hall–Kier alpha value is -1.67. The molecule has 3 aromatic rings. The highest BCUT2D eigenvalue weighted by Gasteiger charge is 2.09. The highest BCUT2D eigenvalue weighted by Crippen LogP contribution is 2.33. The van der Waals surface area contributed by atoms with E-state index in [2.05, 4.69) is 64.1 Å². The summed E-state index contributed by atoms with van der Waals surface area (Å²) in [5, 5.41) is 1.11. The molecular formula is C18H19NS. The lowest BCUT2D eigenvalue weighted by molar-refractivity contribution is 0.867. The van der Waals surface area contributed by atoms with E-state index in [9.17, 15) is 0 Å². The minimum atomic E-state index is 0.573. The SMILES string of the molecule is Cc1cc(C)c2nc(-c3ccc(C(C)C)cc3)sc2c1. The van der Waals surface area contributed by atoms with Crippen molar-refractivity contribution in [1.82, 2.24) is 4.98 Å². The molecule has 1 aromatic heterocycles. The number of hydrogen-bond acceptors (Lipinski definition) is 2. The zero-order valence-corrected chi connectivity index (χ0v) is 13.2. The maximum Gasteiger partial charge on any atom is 0.124 e. The lowest BCUT2D eigenvalue weighted by atomic mass is 10.0. The van der Waals surface area contributed by atoms with Crippen LogP contribution in [0.3, 0.4) is 0 Å². The van der Waals surface area contributed by atoms with Crippen LogP contribution in [0, 0.1) is 13.8 Å². The van der Waals surface area contributed by atoms with E-state index in [1.807, 2.05) is 0 Å². The van der Waals surface area contributed by atoms with E-state index in [-0.39, 0.29) is 0 Å². The number of fused-ring (bicyclic) bond motifs is 1. The van der Waals surface area contributed by atoms with Crippen molar-refractivity contribution in [3.63, 3.8) is 0 Å². The van der Waals surface area contributed by atoms with Gasteiger partial charge in [0.05, 0.1) is 10.2 Å². The van der Waals surface area contributed by atoms with E-state index in [0.29, 0.717) is 5.92 Å². The topological polar surface area (TPSA) is 12.9 Å². The van der Waals surface area contributed by atoms with Gasteiger partial charge in [-0.05, 0) is 42.5 Å². The van der Waals surface area contributed by atoms with Gasteiger partial charge in [0.2, 0.25) is 0 Å². The van der Waals surface area contributed by atoms with E-state index >= 15 is 0 Å². The first kappa shape index (κ1) is 13.3. The van der Waals surface area contributed by atoms with Crippen LogP contribution in [-0.4, -0.2) is 4.98 Å². The molecule has 0 bridgehead atoms. The first-order valence-corrected chi connectivity index (χ1v) is 7.84. The van der Waals surface area contributed by atoms with Crippen molar-refractivity contribution in [2.75, 3.05) is 0 Å².